The molecule has 1 aliphatic rings. The third-order valence-electron chi connectivity index (χ3n) is 2.12. The number of rotatable bonds is 3. The zero-order valence-electron chi connectivity index (χ0n) is 8.04. The summed E-state index contributed by atoms with van der Waals surface area (Å²) in [6.45, 7) is 0.970. The molecule has 0 aromatic carbocycles. The molecule has 70 valence electrons. The highest BCUT2D eigenvalue weighted by Gasteiger charge is 2.45. The number of aliphatic hydroxyl groups is 2. The first-order valence-corrected chi connectivity index (χ1v) is 4.24. The van der Waals surface area contributed by atoms with Crippen molar-refractivity contribution in [3.8, 4) is 0 Å². The van der Waals surface area contributed by atoms with Gasteiger partial charge in [0.2, 0.25) is 0 Å². The lowest BCUT2D eigenvalue weighted by Crippen LogP contribution is -2.39. The minimum Gasteiger partial charge on any atom is -0.481 e. The second-order valence-electron chi connectivity index (χ2n) is 4.81. The Bertz CT molecular complexity index is 195. The van der Waals surface area contributed by atoms with Crippen LogP contribution in [0.3, 0.4) is 0 Å². The molecule has 3 nitrogen and oxygen atoms in total. The van der Waals surface area contributed by atoms with Crippen molar-refractivity contribution in [2.45, 2.75) is 12.8 Å². The SMILES string of the molecule is C[N+](C)(C)CC1(C=C(O)O)CC1. The van der Waals surface area contributed by atoms with Crippen LogP contribution in [0.25, 0.3) is 0 Å². The van der Waals surface area contributed by atoms with Crippen LogP contribution in [-0.2, 0) is 0 Å². The zero-order valence-corrected chi connectivity index (χ0v) is 8.04. The standard InChI is InChI=1S/C9H17NO2/c1-10(2,3)7-9(4-5-9)6-8(11)12/h6H,4-5,7H2,1-3H3,(H-,11,12)/p+1. The van der Waals surface area contributed by atoms with Gasteiger partial charge < -0.3 is 14.7 Å². The largest absolute Gasteiger partial charge is 0.481 e. The molecular formula is C9H18NO2+. The Labute approximate surface area is 73.5 Å². The molecule has 1 aliphatic carbocycles. The van der Waals surface area contributed by atoms with Gasteiger partial charge in [0.1, 0.15) is 0 Å². The zero-order chi connectivity index (χ0) is 9.41. The number of nitrogens with zero attached hydrogens (tertiary/aromatic N) is 1. The van der Waals surface area contributed by atoms with Gasteiger partial charge in [0.25, 0.3) is 5.95 Å². The average Bonchev–Trinajstić information content (AvgIpc) is 2.40. The van der Waals surface area contributed by atoms with Crippen molar-refractivity contribution in [1.29, 1.82) is 0 Å². The second-order valence-corrected chi connectivity index (χ2v) is 4.81. The van der Waals surface area contributed by atoms with Crippen molar-refractivity contribution in [2.24, 2.45) is 5.41 Å². The van der Waals surface area contributed by atoms with Gasteiger partial charge in [-0.1, -0.05) is 0 Å². The molecule has 1 saturated carbocycles. The van der Waals surface area contributed by atoms with Gasteiger partial charge in [-0.3, -0.25) is 0 Å². The molecular weight excluding hydrogens is 154 g/mol. The van der Waals surface area contributed by atoms with Gasteiger partial charge in [-0.2, -0.15) is 0 Å². The molecule has 12 heavy (non-hydrogen) atoms. The summed E-state index contributed by atoms with van der Waals surface area (Å²) in [5, 5.41) is 17.5. The number of hydrogen-bond donors (Lipinski definition) is 2. The molecule has 0 bridgehead atoms. The molecule has 0 aromatic rings. The molecule has 0 atom stereocenters. The minimum atomic E-state index is -0.527. The molecule has 0 aromatic heterocycles. The minimum absolute atomic E-state index is 0.0666. The molecule has 0 spiro atoms. The van der Waals surface area contributed by atoms with E-state index in [-0.39, 0.29) is 5.41 Å². The summed E-state index contributed by atoms with van der Waals surface area (Å²) in [4.78, 5) is 0. The molecule has 0 saturated heterocycles. The van der Waals surface area contributed by atoms with E-state index in [1.807, 2.05) is 0 Å². The summed E-state index contributed by atoms with van der Waals surface area (Å²) in [6, 6.07) is 0. The van der Waals surface area contributed by atoms with Gasteiger partial charge in [0.05, 0.1) is 27.7 Å². The number of hydrogen-bond acceptors (Lipinski definition) is 2. The highest BCUT2D eigenvalue weighted by molar-refractivity contribution is 5.09. The summed E-state index contributed by atoms with van der Waals surface area (Å²) in [7, 11) is 6.34. The fraction of sp³-hybridized carbons (Fsp3) is 0.778. The first-order chi connectivity index (χ1) is 5.33. The lowest BCUT2D eigenvalue weighted by atomic mass is 10.1. The van der Waals surface area contributed by atoms with Crippen LogP contribution in [0, 0.1) is 5.41 Å². The quantitative estimate of drug-likeness (QED) is 0.499. The monoisotopic (exact) mass is 172 g/mol. The first-order valence-electron chi connectivity index (χ1n) is 4.24. The molecule has 0 radical (unpaired) electrons. The summed E-state index contributed by atoms with van der Waals surface area (Å²) < 4.78 is 0.865. The molecule has 3 heteroatoms. The smallest absolute Gasteiger partial charge is 0.270 e. The predicted octanol–water partition coefficient (Wildman–Crippen LogP) is 1.43. The molecule has 1 rings (SSSR count). The Morgan fingerprint density at radius 1 is 1.33 bits per heavy atom. The second kappa shape index (κ2) is 2.66. The molecule has 2 N–H and O–H groups in total. The molecule has 0 heterocycles. The van der Waals surface area contributed by atoms with Crippen molar-refractivity contribution >= 4 is 0 Å². The van der Waals surface area contributed by atoms with Crippen molar-refractivity contribution in [3.05, 3.63) is 12.0 Å². The third kappa shape index (κ3) is 2.74. The van der Waals surface area contributed by atoms with E-state index in [0.717, 1.165) is 23.9 Å². The fourth-order valence-corrected chi connectivity index (χ4v) is 1.73. The lowest BCUT2D eigenvalue weighted by molar-refractivity contribution is -0.874. The van der Waals surface area contributed by atoms with E-state index >= 15 is 0 Å². The van der Waals surface area contributed by atoms with Gasteiger partial charge in [-0.25, -0.2) is 0 Å². The third-order valence-corrected chi connectivity index (χ3v) is 2.12. The van der Waals surface area contributed by atoms with E-state index in [1.54, 1.807) is 6.08 Å². The van der Waals surface area contributed by atoms with E-state index in [1.165, 1.54) is 0 Å². The average molecular weight is 172 g/mol. The summed E-state index contributed by atoms with van der Waals surface area (Å²) in [6.07, 6.45) is 3.73. The first kappa shape index (κ1) is 9.39. The van der Waals surface area contributed by atoms with Crippen molar-refractivity contribution in [1.82, 2.24) is 0 Å². The predicted molar refractivity (Wildman–Crippen MR) is 47.9 cm³/mol. The maximum Gasteiger partial charge on any atom is 0.270 e. The molecule has 1 fully saturated rings. The summed E-state index contributed by atoms with van der Waals surface area (Å²) in [5.74, 6) is -0.527. The highest BCUT2D eigenvalue weighted by atomic mass is 16.5. The topological polar surface area (TPSA) is 40.5 Å². The molecule has 0 amide bonds. The maximum atomic E-state index is 8.73. The van der Waals surface area contributed by atoms with E-state index < -0.39 is 5.95 Å². The van der Waals surface area contributed by atoms with E-state index in [2.05, 4.69) is 21.1 Å². The van der Waals surface area contributed by atoms with Crippen LogP contribution in [-0.4, -0.2) is 42.4 Å². The lowest BCUT2D eigenvalue weighted by Gasteiger charge is -2.27. The van der Waals surface area contributed by atoms with E-state index in [9.17, 15) is 0 Å². The van der Waals surface area contributed by atoms with Crippen LogP contribution in [0.1, 0.15) is 12.8 Å². The highest BCUT2D eigenvalue weighted by Crippen LogP contribution is 2.48. The summed E-state index contributed by atoms with van der Waals surface area (Å²) >= 11 is 0. The Balaban J connectivity index is 2.57. The van der Waals surface area contributed by atoms with Crippen molar-refractivity contribution in [3.63, 3.8) is 0 Å². The Hall–Kier alpha value is -0.700. The van der Waals surface area contributed by atoms with Gasteiger partial charge in [0, 0.05) is 11.5 Å². The van der Waals surface area contributed by atoms with E-state index in [4.69, 9.17) is 10.2 Å². The van der Waals surface area contributed by atoms with E-state index in [0.29, 0.717) is 0 Å². The van der Waals surface area contributed by atoms with Crippen molar-refractivity contribution < 1.29 is 14.7 Å². The van der Waals surface area contributed by atoms with Crippen LogP contribution in [0.4, 0.5) is 0 Å². The van der Waals surface area contributed by atoms with Crippen LogP contribution in [0.2, 0.25) is 0 Å². The van der Waals surface area contributed by atoms with Crippen LogP contribution in [0.15, 0.2) is 12.0 Å². The number of aliphatic hydroxyl groups excluding tert-OH is 1. The maximum absolute atomic E-state index is 8.73. The van der Waals surface area contributed by atoms with Gasteiger partial charge >= 0.3 is 0 Å². The van der Waals surface area contributed by atoms with Crippen LogP contribution >= 0.6 is 0 Å². The normalized spacial score (nSPS) is 20.2. The van der Waals surface area contributed by atoms with Gasteiger partial charge in [-0.05, 0) is 12.8 Å². The fourth-order valence-electron chi connectivity index (χ4n) is 1.73. The Kier molecular flexibility index (Phi) is 2.08. The Morgan fingerprint density at radius 3 is 2.08 bits per heavy atom. The number of quaternary nitrogens is 1. The molecule has 0 unspecified atom stereocenters. The van der Waals surface area contributed by atoms with Crippen LogP contribution < -0.4 is 0 Å². The van der Waals surface area contributed by atoms with Crippen molar-refractivity contribution in [2.75, 3.05) is 27.7 Å². The van der Waals surface area contributed by atoms with Gasteiger partial charge in [-0.15, -0.1) is 0 Å². The van der Waals surface area contributed by atoms with Crippen LogP contribution in [0.5, 0.6) is 0 Å². The Morgan fingerprint density at radius 2 is 1.83 bits per heavy atom. The molecule has 0 aliphatic heterocycles. The van der Waals surface area contributed by atoms with Gasteiger partial charge in [0.15, 0.2) is 0 Å². The summed E-state index contributed by atoms with van der Waals surface area (Å²) in [5.41, 5.74) is 0.0666.